The normalized spacial score (nSPS) is 10.5. The predicted molar refractivity (Wildman–Crippen MR) is 83.1 cm³/mol. The number of rotatable bonds is 5. The van der Waals surface area contributed by atoms with Crippen LogP contribution in [0.2, 0.25) is 5.02 Å². The van der Waals surface area contributed by atoms with Gasteiger partial charge in [-0.3, -0.25) is 0 Å². The Morgan fingerprint density at radius 2 is 2.00 bits per heavy atom. The summed E-state index contributed by atoms with van der Waals surface area (Å²) >= 11 is 5.85. The van der Waals surface area contributed by atoms with Crippen LogP contribution in [0.1, 0.15) is 11.3 Å². The van der Waals surface area contributed by atoms with Gasteiger partial charge in [0.25, 0.3) is 0 Å². The Balaban J connectivity index is 1.64. The molecule has 0 aliphatic rings. The zero-order valence-corrected chi connectivity index (χ0v) is 12.5. The molecule has 3 rings (SSSR count). The first-order valence-electron chi connectivity index (χ1n) is 6.57. The first-order chi connectivity index (χ1) is 10.7. The first-order valence-corrected chi connectivity index (χ1v) is 6.95. The molecule has 8 heteroatoms. The lowest BCUT2D eigenvalue weighted by molar-refractivity contribution is 0.400. The zero-order valence-electron chi connectivity index (χ0n) is 11.7. The summed E-state index contributed by atoms with van der Waals surface area (Å²) in [7, 11) is 0. The van der Waals surface area contributed by atoms with Crippen LogP contribution in [0.25, 0.3) is 0 Å². The van der Waals surface area contributed by atoms with Crippen molar-refractivity contribution >= 4 is 29.2 Å². The highest BCUT2D eigenvalue weighted by Gasteiger charge is 2.04. The van der Waals surface area contributed by atoms with Gasteiger partial charge in [-0.25, -0.2) is 0 Å². The molecule has 0 aliphatic heterocycles. The molecule has 3 aromatic rings. The molecule has 0 unspecified atom stereocenters. The topological polar surface area (TPSA) is 88.8 Å². The number of hydrogen-bond donors (Lipinski definition) is 2. The van der Waals surface area contributed by atoms with E-state index in [1.54, 1.807) is 6.07 Å². The average Bonchev–Trinajstić information content (AvgIpc) is 2.92. The summed E-state index contributed by atoms with van der Waals surface area (Å²) in [5.41, 5.74) is 1.07. The number of nitrogens with one attached hydrogen (secondary N) is 2. The molecule has 0 saturated carbocycles. The minimum Gasteiger partial charge on any atom is -0.360 e. The van der Waals surface area contributed by atoms with Crippen LogP contribution in [0.3, 0.4) is 0 Å². The summed E-state index contributed by atoms with van der Waals surface area (Å²) in [6, 6.07) is 9.31. The fourth-order valence-electron chi connectivity index (χ4n) is 1.78. The van der Waals surface area contributed by atoms with Crippen LogP contribution in [-0.2, 0) is 6.54 Å². The van der Waals surface area contributed by atoms with Gasteiger partial charge in [0.1, 0.15) is 5.76 Å². The van der Waals surface area contributed by atoms with Crippen LogP contribution in [-0.4, -0.2) is 20.3 Å². The van der Waals surface area contributed by atoms with E-state index >= 15 is 0 Å². The zero-order chi connectivity index (χ0) is 15.4. The molecule has 2 N–H and O–H groups in total. The van der Waals surface area contributed by atoms with Gasteiger partial charge in [0.05, 0.1) is 6.20 Å². The Morgan fingerprint density at radius 3 is 2.73 bits per heavy atom. The van der Waals surface area contributed by atoms with Crippen molar-refractivity contribution in [3.05, 3.63) is 52.9 Å². The van der Waals surface area contributed by atoms with Crippen molar-refractivity contribution in [2.24, 2.45) is 0 Å². The lowest BCUT2D eigenvalue weighted by atomic mass is 10.2. The van der Waals surface area contributed by atoms with Gasteiger partial charge >= 0.3 is 0 Å². The molecule has 2 heterocycles. The third-order valence-electron chi connectivity index (χ3n) is 2.81. The number of nitrogens with zero attached hydrogens (tertiary/aromatic N) is 4. The average molecular weight is 317 g/mol. The molecule has 0 atom stereocenters. The summed E-state index contributed by atoms with van der Waals surface area (Å²) in [6.45, 7) is 2.39. The van der Waals surface area contributed by atoms with E-state index < -0.39 is 0 Å². The van der Waals surface area contributed by atoms with E-state index in [1.807, 2.05) is 31.2 Å². The molecule has 0 saturated heterocycles. The van der Waals surface area contributed by atoms with Gasteiger partial charge in [0, 0.05) is 17.6 Å². The lowest BCUT2D eigenvalue weighted by Gasteiger charge is -2.06. The van der Waals surface area contributed by atoms with Crippen molar-refractivity contribution < 1.29 is 4.52 Å². The predicted octanol–water partition coefficient (Wildman–Crippen LogP) is 3.18. The molecule has 0 spiro atoms. The maximum Gasteiger partial charge on any atom is 0.244 e. The number of hydrogen-bond acceptors (Lipinski definition) is 7. The largest absolute Gasteiger partial charge is 0.360 e. The van der Waals surface area contributed by atoms with E-state index in [9.17, 15) is 0 Å². The third kappa shape index (κ3) is 3.70. The maximum atomic E-state index is 5.85. The summed E-state index contributed by atoms with van der Waals surface area (Å²) in [6.07, 6.45) is 1.51. The highest BCUT2D eigenvalue weighted by molar-refractivity contribution is 6.30. The van der Waals surface area contributed by atoms with Crippen molar-refractivity contribution in [2.75, 3.05) is 10.6 Å². The molecule has 0 radical (unpaired) electrons. The van der Waals surface area contributed by atoms with Crippen molar-refractivity contribution in [3.8, 4) is 0 Å². The van der Waals surface area contributed by atoms with Crippen molar-refractivity contribution in [3.63, 3.8) is 0 Å². The molecule has 0 fully saturated rings. The number of aromatic nitrogens is 4. The Hall–Kier alpha value is -2.67. The number of anilines is 3. The van der Waals surface area contributed by atoms with Gasteiger partial charge in [-0.05, 0) is 24.6 Å². The van der Waals surface area contributed by atoms with E-state index in [-0.39, 0.29) is 0 Å². The van der Waals surface area contributed by atoms with Crippen LogP contribution in [0.5, 0.6) is 0 Å². The molecular weight excluding hydrogens is 304 g/mol. The fourth-order valence-corrected chi connectivity index (χ4v) is 1.90. The molecule has 7 nitrogen and oxygen atoms in total. The minimum atomic E-state index is 0.417. The summed E-state index contributed by atoms with van der Waals surface area (Å²) in [5, 5.41) is 18.5. The fraction of sp³-hybridized carbons (Fsp3) is 0.143. The number of benzene rings is 1. The summed E-state index contributed by atoms with van der Waals surface area (Å²) in [4.78, 5) is 4.31. The quantitative estimate of drug-likeness (QED) is 0.747. The Labute approximate surface area is 131 Å². The van der Waals surface area contributed by atoms with E-state index in [0.717, 1.165) is 5.56 Å². The van der Waals surface area contributed by atoms with Gasteiger partial charge in [0.15, 0.2) is 11.6 Å². The van der Waals surface area contributed by atoms with Crippen molar-refractivity contribution in [2.45, 2.75) is 13.5 Å². The molecule has 0 aliphatic carbocycles. The van der Waals surface area contributed by atoms with Crippen LogP contribution in [0.15, 0.2) is 41.1 Å². The van der Waals surface area contributed by atoms with Gasteiger partial charge in [-0.1, -0.05) is 28.9 Å². The van der Waals surface area contributed by atoms with Crippen LogP contribution in [0, 0.1) is 6.92 Å². The highest BCUT2D eigenvalue weighted by Crippen LogP contribution is 2.14. The summed E-state index contributed by atoms with van der Waals surface area (Å²) in [5.74, 6) is 2.23. The van der Waals surface area contributed by atoms with Crippen molar-refractivity contribution in [1.29, 1.82) is 0 Å². The van der Waals surface area contributed by atoms with Gasteiger partial charge in [-0.15, -0.1) is 5.10 Å². The number of aryl methyl sites for hydroxylation is 1. The van der Waals surface area contributed by atoms with E-state index in [0.29, 0.717) is 34.9 Å². The Kier molecular flexibility index (Phi) is 4.15. The summed E-state index contributed by atoms with van der Waals surface area (Å²) < 4.78 is 4.98. The van der Waals surface area contributed by atoms with Gasteiger partial charge in [-0.2, -0.15) is 10.1 Å². The molecule has 112 valence electrons. The standard InChI is InChI=1S/C14H13ClN6O/c1-9-6-12(21-22-9)18-13-8-17-20-14(19-13)16-7-10-2-4-11(15)5-3-10/h2-6,8H,7H2,1H3,(H2,16,18,19,20,21). The SMILES string of the molecule is Cc1cc(Nc2cnnc(NCc3ccc(Cl)cc3)n2)no1. The molecule has 2 aromatic heterocycles. The molecule has 0 bridgehead atoms. The molecule has 0 amide bonds. The highest BCUT2D eigenvalue weighted by atomic mass is 35.5. The molecular formula is C14H13ClN6O. The second-order valence-corrected chi connectivity index (χ2v) is 5.03. The van der Waals surface area contributed by atoms with Gasteiger partial charge < -0.3 is 15.2 Å². The number of halogens is 1. The van der Waals surface area contributed by atoms with Gasteiger partial charge in [0.2, 0.25) is 5.95 Å². The second-order valence-electron chi connectivity index (χ2n) is 4.59. The third-order valence-corrected chi connectivity index (χ3v) is 3.06. The second kappa shape index (κ2) is 6.40. The van der Waals surface area contributed by atoms with Crippen LogP contribution in [0.4, 0.5) is 17.6 Å². The van der Waals surface area contributed by atoms with E-state index in [2.05, 4.69) is 31.0 Å². The lowest BCUT2D eigenvalue weighted by Crippen LogP contribution is -2.06. The Morgan fingerprint density at radius 1 is 1.18 bits per heavy atom. The van der Waals surface area contributed by atoms with Crippen molar-refractivity contribution in [1.82, 2.24) is 20.3 Å². The maximum absolute atomic E-state index is 5.85. The molecule has 1 aromatic carbocycles. The van der Waals surface area contributed by atoms with Crippen LogP contribution >= 0.6 is 11.6 Å². The smallest absolute Gasteiger partial charge is 0.244 e. The Bertz CT molecular complexity index is 758. The first kappa shape index (κ1) is 14.3. The molecule has 22 heavy (non-hydrogen) atoms. The van der Waals surface area contributed by atoms with Crippen LogP contribution < -0.4 is 10.6 Å². The minimum absolute atomic E-state index is 0.417. The monoisotopic (exact) mass is 316 g/mol. The van der Waals surface area contributed by atoms with E-state index in [4.69, 9.17) is 16.1 Å². The van der Waals surface area contributed by atoms with E-state index in [1.165, 1.54) is 6.20 Å².